The van der Waals surface area contributed by atoms with Crippen molar-refractivity contribution in [2.45, 2.75) is 31.7 Å². The lowest BCUT2D eigenvalue weighted by Gasteiger charge is -2.25. The lowest BCUT2D eigenvalue weighted by Crippen LogP contribution is -2.31. The first kappa shape index (κ1) is 14.5. The molecule has 0 saturated carbocycles. The van der Waals surface area contributed by atoms with Crippen LogP contribution in [-0.2, 0) is 0 Å². The van der Waals surface area contributed by atoms with Crippen molar-refractivity contribution in [2.24, 2.45) is 0 Å². The molecule has 1 aromatic rings. The first-order chi connectivity index (χ1) is 9.67. The molecule has 0 aliphatic carbocycles. The minimum atomic E-state index is -0.386. The number of nitrogens with one attached hydrogen (secondary N) is 1. The van der Waals surface area contributed by atoms with Crippen molar-refractivity contribution in [3.05, 3.63) is 22.2 Å². The predicted octanol–water partition coefficient (Wildman–Crippen LogP) is 1.77. The lowest BCUT2D eigenvalue weighted by atomic mass is 10.1. The fraction of sp³-hybridized carbons (Fsp3) is 0.615. The van der Waals surface area contributed by atoms with Gasteiger partial charge in [-0.1, -0.05) is 0 Å². The summed E-state index contributed by atoms with van der Waals surface area (Å²) in [5.41, 5.74) is 0.0416. The van der Waals surface area contributed by atoms with Gasteiger partial charge in [-0.05, 0) is 31.7 Å². The number of aliphatic hydroxyl groups is 1. The maximum atomic E-state index is 11.2. The number of nitro groups is 1. The fourth-order valence-electron chi connectivity index (χ4n) is 2.68. The van der Waals surface area contributed by atoms with Crippen LogP contribution in [0.4, 0.5) is 17.3 Å². The molecule has 0 spiro atoms. The van der Waals surface area contributed by atoms with Crippen molar-refractivity contribution in [3.8, 4) is 0 Å². The molecule has 1 fully saturated rings. The third kappa shape index (κ3) is 2.98. The molecule has 0 radical (unpaired) electrons. The molecule has 0 bridgehead atoms. The van der Waals surface area contributed by atoms with E-state index in [9.17, 15) is 10.1 Å². The monoisotopic (exact) mass is 280 g/mol. The van der Waals surface area contributed by atoms with Crippen LogP contribution in [0.25, 0.3) is 0 Å². The molecule has 1 atom stereocenters. The molecule has 110 valence electrons. The van der Waals surface area contributed by atoms with Crippen LogP contribution in [0.3, 0.4) is 0 Å². The first-order valence-electron chi connectivity index (χ1n) is 6.88. The summed E-state index contributed by atoms with van der Waals surface area (Å²) in [5.74, 6) is 1.06. The summed E-state index contributed by atoms with van der Waals surface area (Å²) in [6, 6.07) is 3.33. The highest BCUT2D eigenvalue weighted by Crippen LogP contribution is 2.34. The van der Waals surface area contributed by atoms with Crippen LogP contribution < -0.4 is 10.2 Å². The van der Waals surface area contributed by atoms with E-state index in [0.29, 0.717) is 18.1 Å². The lowest BCUT2D eigenvalue weighted by molar-refractivity contribution is -0.384. The molecule has 2 rings (SSSR count). The summed E-state index contributed by atoms with van der Waals surface area (Å²) in [4.78, 5) is 17.2. The van der Waals surface area contributed by atoms with Gasteiger partial charge in [0.15, 0.2) is 0 Å². The average molecular weight is 280 g/mol. The normalized spacial score (nSPS) is 18.3. The average Bonchev–Trinajstić information content (AvgIpc) is 2.92. The zero-order valence-corrected chi connectivity index (χ0v) is 11.6. The van der Waals surface area contributed by atoms with Gasteiger partial charge in [0.2, 0.25) is 5.82 Å². The van der Waals surface area contributed by atoms with Gasteiger partial charge in [0.25, 0.3) is 0 Å². The Morgan fingerprint density at radius 1 is 1.60 bits per heavy atom. The van der Waals surface area contributed by atoms with Crippen molar-refractivity contribution in [2.75, 3.05) is 30.4 Å². The molecule has 2 N–H and O–H groups in total. The third-order valence-corrected chi connectivity index (χ3v) is 3.65. The number of hydrogen-bond acceptors (Lipinski definition) is 6. The van der Waals surface area contributed by atoms with Gasteiger partial charge in [-0.2, -0.15) is 0 Å². The topological polar surface area (TPSA) is 91.5 Å². The molecule has 0 aromatic carbocycles. The maximum Gasteiger partial charge on any atom is 0.311 e. The molecular weight excluding hydrogens is 260 g/mol. The van der Waals surface area contributed by atoms with Crippen molar-refractivity contribution in [1.82, 2.24) is 4.98 Å². The van der Waals surface area contributed by atoms with Gasteiger partial charge in [-0.25, -0.2) is 4.98 Å². The number of aromatic nitrogens is 1. The van der Waals surface area contributed by atoms with Crippen molar-refractivity contribution < 1.29 is 10.0 Å². The Kier molecular flexibility index (Phi) is 4.73. The van der Waals surface area contributed by atoms with Gasteiger partial charge in [0, 0.05) is 32.3 Å². The summed E-state index contributed by atoms with van der Waals surface area (Å²) in [7, 11) is 1.74. The summed E-state index contributed by atoms with van der Waals surface area (Å²) in [5, 5.41) is 23.0. The van der Waals surface area contributed by atoms with E-state index in [0.717, 1.165) is 25.8 Å². The van der Waals surface area contributed by atoms with Crippen molar-refractivity contribution in [1.29, 1.82) is 0 Å². The fourth-order valence-corrected chi connectivity index (χ4v) is 2.68. The Hall–Kier alpha value is -1.89. The van der Waals surface area contributed by atoms with E-state index in [1.165, 1.54) is 6.07 Å². The SMILES string of the molecule is CNc1ccc([N+](=O)[O-])c(N2CCCC2CCCO)n1. The van der Waals surface area contributed by atoms with Crippen LogP contribution in [0.2, 0.25) is 0 Å². The van der Waals surface area contributed by atoms with Crippen LogP contribution in [0.15, 0.2) is 12.1 Å². The zero-order chi connectivity index (χ0) is 14.5. The quantitative estimate of drug-likeness (QED) is 0.609. The van der Waals surface area contributed by atoms with Gasteiger partial charge < -0.3 is 15.3 Å². The summed E-state index contributed by atoms with van der Waals surface area (Å²) in [6.45, 7) is 0.924. The number of rotatable bonds is 6. The summed E-state index contributed by atoms with van der Waals surface area (Å²) in [6.07, 6.45) is 3.53. The summed E-state index contributed by atoms with van der Waals surface area (Å²) < 4.78 is 0. The van der Waals surface area contributed by atoms with Crippen LogP contribution >= 0.6 is 0 Å². The molecule has 7 nitrogen and oxygen atoms in total. The minimum absolute atomic E-state index is 0.0416. The number of aliphatic hydroxyl groups excluding tert-OH is 1. The van der Waals surface area contributed by atoms with Gasteiger partial charge in [0.05, 0.1) is 4.92 Å². The molecular formula is C13H20N4O3. The summed E-state index contributed by atoms with van der Waals surface area (Å²) >= 11 is 0. The molecule has 0 amide bonds. The van der Waals surface area contributed by atoms with E-state index in [2.05, 4.69) is 10.3 Å². The molecule has 1 aliphatic rings. The van der Waals surface area contributed by atoms with E-state index in [1.807, 2.05) is 4.90 Å². The van der Waals surface area contributed by atoms with Crippen LogP contribution in [-0.4, -0.2) is 41.3 Å². The van der Waals surface area contributed by atoms with Gasteiger partial charge in [-0.15, -0.1) is 0 Å². The highest BCUT2D eigenvalue weighted by Gasteiger charge is 2.30. The molecule has 20 heavy (non-hydrogen) atoms. The van der Waals surface area contributed by atoms with Crippen LogP contribution in [0.5, 0.6) is 0 Å². The molecule has 7 heteroatoms. The molecule has 2 heterocycles. The Bertz CT molecular complexity index is 481. The highest BCUT2D eigenvalue weighted by atomic mass is 16.6. The second-order valence-electron chi connectivity index (χ2n) is 4.90. The minimum Gasteiger partial charge on any atom is -0.396 e. The highest BCUT2D eigenvalue weighted by molar-refractivity contribution is 5.62. The van der Waals surface area contributed by atoms with E-state index in [-0.39, 0.29) is 23.3 Å². The van der Waals surface area contributed by atoms with E-state index in [4.69, 9.17) is 5.11 Å². The standard InChI is InChI=1S/C13H20N4O3/c1-14-12-7-6-11(17(19)20)13(15-12)16-8-2-4-10(16)5-3-9-18/h6-7,10,18H,2-5,8-9H2,1H3,(H,14,15). The van der Waals surface area contributed by atoms with E-state index in [1.54, 1.807) is 13.1 Å². The number of hydrogen-bond donors (Lipinski definition) is 2. The van der Waals surface area contributed by atoms with Gasteiger partial charge in [0.1, 0.15) is 5.82 Å². The van der Waals surface area contributed by atoms with Crippen molar-refractivity contribution in [3.63, 3.8) is 0 Å². The van der Waals surface area contributed by atoms with Crippen molar-refractivity contribution >= 4 is 17.3 Å². The number of pyridine rings is 1. The Labute approximate surface area is 117 Å². The van der Waals surface area contributed by atoms with Crippen LogP contribution in [0.1, 0.15) is 25.7 Å². The molecule has 1 unspecified atom stereocenters. The Balaban J connectivity index is 2.31. The molecule has 1 aromatic heterocycles. The molecule has 1 saturated heterocycles. The first-order valence-corrected chi connectivity index (χ1v) is 6.88. The maximum absolute atomic E-state index is 11.2. The third-order valence-electron chi connectivity index (χ3n) is 3.65. The Morgan fingerprint density at radius 2 is 2.40 bits per heavy atom. The second kappa shape index (κ2) is 6.51. The Morgan fingerprint density at radius 3 is 3.05 bits per heavy atom. The van der Waals surface area contributed by atoms with Crippen LogP contribution in [0, 0.1) is 10.1 Å². The zero-order valence-electron chi connectivity index (χ0n) is 11.6. The van der Waals surface area contributed by atoms with E-state index >= 15 is 0 Å². The largest absolute Gasteiger partial charge is 0.396 e. The molecule has 1 aliphatic heterocycles. The van der Waals surface area contributed by atoms with Gasteiger partial charge in [-0.3, -0.25) is 10.1 Å². The number of nitrogens with zero attached hydrogens (tertiary/aromatic N) is 3. The number of anilines is 2. The predicted molar refractivity (Wildman–Crippen MR) is 77.1 cm³/mol. The second-order valence-corrected chi connectivity index (χ2v) is 4.90. The smallest absolute Gasteiger partial charge is 0.311 e. The van der Waals surface area contributed by atoms with E-state index < -0.39 is 0 Å². The van der Waals surface area contributed by atoms with Gasteiger partial charge >= 0.3 is 5.69 Å².